The molecule has 0 fully saturated rings. The normalized spacial score (nSPS) is 11.2. The molecule has 0 amide bonds. The molecule has 20 heavy (non-hydrogen) atoms. The fourth-order valence-electron chi connectivity index (χ4n) is 1.95. The minimum absolute atomic E-state index is 0.0435. The van der Waals surface area contributed by atoms with Crippen LogP contribution in [0.4, 0.5) is 15.8 Å². The molecule has 0 spiro atoms. The number of hydrogen-bond acceptors (Lipinski definition) is 4. The van der Waals surface area contributed by atoms with E-state index in [1.807, 2.05) is 0 Å². The van der Waals surface area contributed by atoms with Gasteiger partial charge in [0.25, 0.3) is 5.69 Å². The lowest BCUT2D eigenvalue weighted by molar-refractivity contribution is -0.384. The van der Waals surface area contributed by atoms with E-state index in [0.29, 0.717) is 12.8 Å². The van der Waals surface area contributed by atoms with Crippen LogP contribution in [-0.2, 0) is 4.79 Å². The van der Waals surface area contributed by atoms with E-state index in [9.17, 15) is 24.4 Å². The van der Waals surface area contributed by atoms with E-state index in [4.69, 9.17) is 0 Å². The Bertz CT molecular complexity index is 515. The molecule has 0 aliphatic rings. The van der Waals surface area contributed by atoms with Gasteiger partial charge in [-0.3, -0.25) is 14.9 Å². The van der Waals surface area contributed by atoms with Crippen molar-refractivity contribution in [1.29, 1.82) is 0 Å². The van der Waals surface area contributed by atoms with Crippen molar-refractivity contribution in [3.05, 3.63) is 34.1 Å². The summed E-state index contributed by atoms with van der Waals surface area (Å²) in [6.45, 7) is 3.54. The second kappa shape index (κ2) is 6.31. The Kier molecular flexibility index (Phi) is 5.01. The number of aliphatic carboxylic acids is 1. The summed E-state index contributed by atoms with van der Waals surface area (Å²) in [7, 11) is 0. The molecule has 0 unspecified atom stereocenters. The highest BCUT2D eigenvalue weighted by Crippen LogP contribution is 2.30. The highest BCUT2D eigenvalue weighted by atomic mass is 19.1. The predicted molar refractivity (Wildman–Crippen MR) is 72.2 cm³/mol. The molecule has 1 aromatic rings. The fourth-order valence-corrected chi connectivity index (χ4v) is 1.95. The van der Waals surface area contributed by atoms with E-state index < -0.39 is 27.8 Å². The molecule has 1 rings (SSSR count). The van der Waals surface area contributed by atoms with Crippen LogP contribution >= 0.6 is 0 Å². The van der Waals surface area contributed by atoms with Crippen molar-refractivity contribution in [3.63, 3.8) is 0 Å². The quantitative estimate of drug-likeness (QED) is 0.593. The van der Waals surface area contributed by atoms with E-state index in [-0.39, 0.29) is 12.2 Å². The second-order valence-corrected chi connectivity index (χ2v) is 4.56. The average molecular weight is 284 g/mol. The maximum Gasteiger partial charge on any atom is 0.311 e. The van der Waals surface area contributed by atoms with Gasteiger partial charge in [-0.25, -0.2) is 4.39 Å². The van der Waals surface area contributed by atoms with E-state index >= 15 is 0 Å². The van der Waals surface area contributed by atoms with Gasteiger partial charge in [0.1, 0.15) is 11.5 Å². The third-order valence-corrected chi connectivity index (χ3v) is 3.58. The summed E-state index contributed by atoms with van der Waals surface area (Å²) >= 11 is 0. The second-order valence-electron chi connectivity index (χ2n) is 4.56. The summed E-state index contributed by atoms with van der Waals surface area (Å²) in [6, 6.07) is 3.14. The summed E-state index contributed by atoms with van der Waals surface area (Å²) in [5.74, 6) is -1.67. The van der Waals surface area contributed by atoms with Gasteiger partial charge in [-0.15, -0.1) is 0 Å². The Morgan fingerprint density at radius 3 is 2.50 bits per heavy atom. The van der Waals surface area contributed by atoms with Crippen molar-refractivity contribution in [2.75, 3.05) is 11.9 Å². The lowest BCUT2D eigenvalue weighted by Crippen LogP contribution is -2.37. The highest BCUT2D eigenvalue weighted by molar-refractivity contribution is 5.76. The van der Waals surface area contributed by atoms with Crippen molar-refractivity contribution < 1.29 is 19.2 Å². The number of anilines is 1. The smallest absolute Gasteiger partial charge is 0.311 e. The molecular weight excluding hydrogens is 267 g/mol. The van der Waals surface area contributed by atoms with Crippen molar-refractivity contribution in [3.8, 4) is 0 Å². The molecule has 0 saturated carbocycles. The number of rotatable bonds is 7. The van der Waals surface area contributed by atoms with Crippen molar-refractivity contribution in [2.45, 2.75) is 26.7 Å². The Morgan fingerprint density at radius 1 is 1.45 bits per heavy atom. The average Bonchev–Trinajstić information content (AvgIpc) is 2.41. The minimum Gasteiger partial charge on any atom is -0.481 e. The summed E-state index contributed by atoms with van der Waals surface area (Å²) in [6.07, 6.45) is 0.779. The van der Waals surface area contributed by atoms with Crippen molar-refractivity contribution >= 4 is 17.3 Å². The first-order valence-electron chi connectivity index (χ1n) is 6.27. The number of carboxylic acids is 1. The van der Waals surface area contributed by atoms with Gasteiger partial charge in [0.15, 0.2) is 0 Å². The number of hydrogen-bond donors (Lipinski definition) is 2. The summed E-state index contributed by atoms with van der Waals surface area (Å²) in [5.41, 5.74) is -1.29. The molecule has 0 aliphatic heterocycles. The third kappa shape index (κ3) is 3.23. The van der Waals surface area contributed by atoms with Crippen LogP contribution in [0.2, 0.25) is 0 Å². The number of carbonyl (C=O) groups is 1. The third-order valence-electron chi connectivity index (χ3n) is 3.58. The molecule has 0 radical (unpaired) electrons. The van der Waals surface area contributed by atoms with Gasteiger partial charge in [0, 0.05) is 6.54 Å². The molecule has 2 N–H and O–H groups in total. The van der Waals surface area contributed by atoms with Gasteiger partial charge in [-0.05, 0) is 25.0 Å². The van der Waals surface area contributed by atoms with Gasteiger partial charge in [0.2, 0.25) is 0 Å². The number of nitro benzene ring substituents is 1. The number of benzene rings is 1. The molecule has 6 nitrogen and oxygen atoms in total. The Hall–Kier alpha value is -2.18. The van der Waals surface area contributed by atoms with Crippen LogP contribution in [-0.4, -0.2) is 22.5 Å². The van der Waals surface area contributed by atoms with Crippen LogP contribution in [0, 0.1) is 21.3 Å². The van der Waals surface area contributed by atoms with Gasteiger partial charge >= 0.3 is 5.97 Å². The molecular formula is C13H17FN2O4. The topological polar surface area (TPSA) is 92.5 Å². The number of carboxylic acid groups (broad SMARTS) is 1. The monoisotopic (exact) mass is 284 g/mol. The maximum absolute atomic E-state index is 13.0. The molecule has 0 atom stereocenters. The molecule has 0 aromatic heterocycles. The first-order chi connectivity index (χ1) is 9.36. The first kappa shape index (κ1) is 15.9. The Morgan fingerprint density at radius 2 is 2.05 bits per heavy atom. The zero-order valence-electron chi connectivity index (χ0n) is 11.4. The summed E-state index contributed by atoms with van der Waals surface area (Å²) in [5, 5.41) is 22.9. The van der Waals surface area contributed by atoms with E-state index in [1.165, 1.54) is 6.07 Å². The summed E-state index contributed by atoms with van der Waals surface area (Å²) in [4.78, 5) is 21.5. The first-order valence-corrected chi connectivity index (χ1v) is 6.27. The standard InChI is InChI=1S/C13H17FN2O4/c1-3-13(4-2,12(17)18)8-15-10-6-5-9(14)7-11(10)16(19)20/h5-7,15H,3-4,8H2,1-2H3,(H,17,18). The van der Waals surface area contributed by atoms with Crippen LogP contribution in [0.25, 0.3) is 0 Å². The van der Waals surface area contributed by atoms with Crippen LogP contribution in [0.5, 0.6) is 0 Å². The van der Waals surface area contributed by atoms with E-state index in [1.54, 1.807) is 13.8 Å². The predicted octanol–water partition coefficient (Wildman–Crippen LogP) is 3.04. The van der Waals surface area contributed by atoms with Crippen LogP contribution in [0.15, 0.2) is 18.2 Å². The molecule has 110 valence electrons. The zero-order chi connectivity index (χ0) is 15.3. The molecule has 7 heteroatoms. The van der Waals surface area contributed by atoms with Gasteiger partial charge in [-0.1, -0.05) is 13.8 Å². The minimum atomic E-state index is -0.998. The SMILES string of the molecule is CCC(CC)(CNc1ccc(F)cc1[N+](=O)[O-])C(=O)O. The lowest BCUT2D eigenvalue weighted by Gasteiger charge is -2.27. The molecule has 0 aliphatic carbocycles. The number of halogens is 1. The van der Waals surface area contributed by atoms with Crippen LogP contribution in [0.1, 0.15) is 26.7 Å². The van der Waals surface area contributed by atoms with E-state index in [0.717, 1.165) is 12.1 Å². The Labute approximate surface area is 115 Å². The van der Waals surface area contributed by atoms with E-state index in [2.05, 4.69) is 5.32 Å². The largest absolute Gasteiger partial charge is 0.481 e. The molecule has 0 heterocycles. The zero-order valence-corrected chi connectivity index (χ0v) is 11.4. The van der Waals surface area contributed by atoms with Crippen LogP contribution < -0.4 is 5.32 Å². The molecule has 0 saturated heterocycles. The van der Waals surface area contributed by atoms with Gasteiger partial charge in [0.05, 0.1) is 16.4 Å². The fraction of sp³-hybridized carbons (Fsp3) is 0.462. The number of nitrogens with zero attached hydrogens (tertiary/aromatic N) is 1. The molecule has 0 bridgehead atoms. The maximum atomic E-state index is 13.0. The van der Waals surface area contributed by atoms with Gasteiger partial charge in [-0.2, -0.15) is 0 Å². The van der Waals surface area contributed by atoms with Crippen molar-refractivity contribution in [1.82, 2.24) is 0 Å². The van der Waals surface area contributed by atoms with Crippen molar-refractivity contribution in [2.24, 2.45) is 5.41 Å². The summed E-state index contributed by atoms with van der Waals surface area (Å²) < 4.78 is 13.0. The lowest BCUT2D eigenvalue weighted by atomic mass is 9.82. The van der Waals surface area contributed by atoms with Gasteiger partial charge < -0.3 is 10.4 Å². The molecule has 1 aromatic carbocycles. The number of nitro groups is 1. The highest BCUT2D eigenvalue weighted by Gasteiger charge is 2.35. The Balaban J connectivity index is 2.99. The van der Waals surface area contributed by atoms with Crippen LogP contribution in [0.3, 0.4) is 0 Å². The number of nitrogens with one attached hydrogen (secondary N) is 1.